The zero-order chi connectivity index (χ0) is 15.0. The minimum atomic E-state index is -0.841. The number of nitrogens with zero attached hydrogens (tertiary/aromatic N) is 2. The first-order valence-corrected chi connectivity index (χ1v) is 7.85. The molecule has 2 atom stereocenters. The van der Waals surface area contributed by atoms with Crippen LogP contribution in [-0.4, -0.2) is 48.7 Å². The maximum absolute atomic E-state index is 11.1. The number of hydrogen-bond donors (Lipinski definition) is 1. The van der Waals surface area contributed by atoms with Crippen molar-refractivity contribution in [2.75, 3.05) is 31.6 Å². The van der Waals surface area contributed by atoms with Gasteiger partial charge in [0.2, 0.25) is 0 Å². The molecule has 0 aromatic heterocycles. The van der Waals surface area contributed by atoms with E-state index in [9.17, 15) is 4.79 Å². The normalized spacial score (nSPS) is 26.5. The van der Waals surface area contributed by atoms with Gasteiger partial charge in [-0.15, -0.1) is 0 Å². The third-order valence-corrected chi connectivity index (χ3v) is 5.15. The highest BCUT2D eigenvalue weighted by atomic mass is 16.4. The second-order valence-electron chi connectivity index (χ2n) is 6.49. The maximum Gasteiger partial charge on any atom is 0.335 e. The zero-order valence-electron chi connectivity index (χ0n) is 12.9. The lowest BCUT2D eigenvalue weighted by Crippen LogP contribution is -2.52. The van der Waals surface area contributed by atoms with Gasteiger partial charge in [-0.3, -0.25) is 0 Å². The van der Waals surface area contributed by atoms with Gasteiger partial charge >= 0.3 is 5.97 Å². The fraction of sp³-hybridized carbons (Fsp3) is 0.588. The first-order valence-electron chi connectivity index (χ1n) is 7.85. The third kappa shape index (κ3) is 2.77. The molecule has 4 nitrogen and oxygen atoms in total. The van der Waals surface area contributed by atoms with E-state index in [0.717, 1.165) is 30.6 Å². The Balaban J connectivity index is 1.76. The number of anilines is 1. The Morgan fingerprint density at radius 3 is 2.81 bits per heavy atom. The van der Waals surface area contributed by atoms with Crippen LogP contribution in [0.25, 0.3) is 0 Å². The molecule has 2 fully saturated rings. The summed E-state index contributed by atoms with van der Waals surface area (Å²) in [6.45, 7) is 5.28. The molecule has 0 saturated carbocycles. The number of likely N-dealkylation sites (tertiary alicyclic amines) is 1. The minimum absolute atomic E-state index is 0.408. The average molecular weight is 288 g/mol. The van der Waals surface area contributed by atoms with E-state index in [1.807, 2.05) is 19.1 Å². The molecule has 2 aliphatic rings. The number of carboxylic acids is 1. The third-order valence-electron chi connectivity index (χ3n) is 5.15. The standard InChI is InChI=1S/C17H24N2O2/c1-12-10-14(5-6-15(12)17(20)21)19-9-7-16-13(11-19)4-3-8-18(16)2/h5-6,10,13,16H,3-4,7-9,11H2,1-2H3,(H,20,21). The van der Waals surface area contributed by atoms with Gasteiger partial charge in [-0.25, -0.2) is 4.79 Å². The number of hydrogen-bond acceptors (Lipinski definition) is 3. The van der Waals surface area contributed by atoms with Crippen molar-refractivity contribution in [1.82, 2.24) is 4.90 Å². The fourth-order valence-electron chi connectivity index (χ4n) is 3.97. The number of piperidine rings is 2. The van der Waals surface area contributed by atoms with Crippen molar-refractivity contribution in [3.8, 4) is 0 Å². The second-order valence-corrected chi connectivity index (χ2v) is 6.49. The Hall–Kier alpha value is -1.55. The largest absolute Gasteiger partial charge is 0.478 e. The highest BCUT2D eigenvalue weighted by molar-refractivity contribution is 5.89. The van der Waals surface area contributed by atoms with Crippen molar-refractivity contribution in [2.45, 2.75) is 32.2 Å². The van der Waals surface area contributed by atoms with Gasteiger partial charge in [-0.2, -0.15) is 0 Å². The SMILES string of the molecule is Cc1cc(N2CCC3C(CCCN3C)C2)ccc1C(=O)O. The van der Waals surface area contributed by atoms with Crippen LogP contribution in [-0.2, 0) is 0 Å². The summed E-state index contributed by atoms with van der Waals surface area (Å²) in [7, 11) is 2.25. The van der Waals surface area contributed by atoms with E-state index in [1.165, 1.54) is 31.5 Å². The van der Waals surface area contributed by atoms with Crippen LogP contribution in [0.4, 0.5) is 5.69 Å². The molecule has 21 heavy (non-hydrogen) atoms. The molecular formula is C17H24N2O2. The van der Waals surface area contributed by atoms with Crippen LogP contribution >= 0.6 is 0 Å². The molecule has 0 radical (unpaired) electrons. The summed E-state index contributed by atoms with van der Waals surface area (Å²) in [6, 6.07) is 6.46. The molecule has 0 spiro atoms. The second kappa shape index (κ2) is 5.68. The van der Waals surface area contributed by atoms with E-state index in [1.54, 1.807) is 6.07 Å². The van der Waals surface area contributed by atoms with E-state index in [0.29, 0.717) is 5.56 Å². The summed E-state index contributed by atoms with van der Waals surface area (Å²) in [5, 5.41) is 9.13. The first-order chi connectivity index (χ1) is 10.1. The highest BCUT2D eigenvalue weighted by Gasteiger charge is 2.34. The summed E-state index contributed by atoms with van der Waals surface area (Å²) < 4.78 is 0. The van der Waals surface area contributed by atoms with Crippen molar-refractivity contribution in [1.29, 1.82) is 0 Å². The molecule has 2 heterocycles. The number of rotatable bonds is 2. The molecule has 114 valence electrons. The monoisotopic (exact) mass is 288 g/mol. The van der Waals surface area contributed by atoms with Crippen LogP contribution in [0.15, 0.2) is 18.2 Å². The molecule has 1 aromatic rings. The summed E-state index contributed by atoms with van der Waals surface area (Å²) in [5.41, 5.74) is 2.43. The lowest BCUT2D eigenvalue weighted by atomic mass is 9.84. The predicted molar refractivity (Wildman–Crippen MR) is 84.1 cm³/mol. The van der Waals surface area contributed by atoms with Gasteiger partial charge in [0.15, 0.2) is 0 Å². The summed E-state index contributed by atoms with van der Waals surface area (Å²) in [5.74, 6) is -0.0939. The summed E-state index contributed by atoms with van der Waals surface area (Å²) >= 11 is 0. The van der Waals surface area contributed by atoms with Gasteiger partial charge in [0.1, 0.15) is 0 Å². The Morgan fingerprint density at radius 2 is 2.10 bits per heavy atom. The van der Waals surface area contributed by atoms with Gasteiger partial charge in [-0.1, -0.05) is 0 Å². The lowest BCUT2D eigenvalue weighted by Gasteiger charge is -2.46. The van der Waals surface area contributed by atoms with Gasteiger partial charge < -0.3 is 14.9 Å². The average Bonchev–Trinajstić information content (AvgIpc) is 2.46. The number of carbonyl (C=O) groups is 1. The molecule has 1 N–H and O–H groups in total. The van der Waals surface area contributed by atoms with Gasteiger partial charge in [0.05, 0.1) is 5.56 Å². The van der Waals surface area contributed by atoms with Crippen molar-refractivity contribution >= 4 is 11.7 Å². The Labute approximate surface area is 126 Å². The van der Waals surface area contributed by atoms with Crippen molar-refractivity contribution < 1.29 is 9.90 Å². The van der Waals surface area contributed by atoms with E-state index in [4.69, 9.17) is 5.11 Å². The maximum atomic E-state index is 11.1. The van der Waals surface area contributed by atoms with E-state index >= 15 is 0 Å². The summed E-state index contributed by atoms with van der Waals surface area (Å²) in [6.07, 6.45) is 3.82. The van der Waals surface area contributed by atoms with E-state index in [-0.39, 0.29) is 0 Å². The Kier molecular flexibility index (Phi) is 3.89. The molecule has 2 saturated heterocycles. The van der Waals surface area contributed by atoms with Crippen LogP contribution in [0.2, 0.25) is 0 Å². The molecule has 4 heteroatoms. The Morgan fingerprint density at radius 1 is 1.29 bits per heavy atom. The molecule has 1 aromatic carbocycles. The molecule has 2 unspecified atom stereocenters. The van der Waals surface area contributed by atoms with Crippen molar-refractivity contribution in [3.63, 3.8) is 0 Å². The predicted octanol–water partition coefficient (Wildman–Crippen LogP) is 2.61. The zero-order valence-corrected chi connectivity index (χ0v) is 12.9. The van der Waals surface area contributed by atoms with Gasteiger partial charge in [0, 0.05) is 24.8 Å². The minimum Gasteiger partial charge on any atom is -0.478 e. The molecule has 0 amide bonds. The number of fused-ring (bicyclic) bond motifs is 1. The highest BCUT2D eigenvalue weighted by Crippen LogP contribution is 2.32. The molecule has 2 aliphatic heterocycles. The van der Waals surface area contributed by atoms with Crippen LogP contribution in [0.3, 0.4) is 0 Å². The number of benzene rings is 1. The molecular weight excluding hydrogens is 264 g/mol. The summed E-state index contributed by atoms with van der Waals surface area (Å²) in [4.78, 5) is 16.1. The van der Waals surface area contributed by atoms with E-state index < -0.39 is 5.97 Å². The van der Waals surface area contributed by atoms with Gasteiger partial charge in [0.25, 0.3) is 0 Å². The van der Waals surface area contributed by atoms with Crippen molar-refractivity contribution in [2.24, 2.45) is 5.92 Å². The smallest absolute Gasteiger partial charge is 0.335 e. The quantitative estimate of drug-likeness (QED) is 0.908. The Bertz CT molecular complexity index is 544. The van der Waals surface area contributed by atoms with Crippen molar-refractivity contribution in [3.05, 3.63) is 29.3 Å². The first kappa shape index (κ1) is 14.4. The number of carboxylic acid groups (broad SMARTS) is 1. The lowest BCUT2D eigenvalue weighted by molar-refractivity contribution is 0.0696. The van der Waals surface area contributed by atoms with Crippen LogP contribution < -0.4 is 4.90 Å². The topological polar surface area (TPSA) is 43.8 Å². The molecule has 3 rings (SSSR count). The number of aryl methyl sites for hydroxylation is 1. The van der Waals surface area contributed by atoms with Crippen LogP contribution in [0.1, 0.15) is 35.2 Å². The van der Waals surface area contributed by atoms with E-state index in [2.05, 4.69) is 16.8 Å². The van der Waals surface area contributed by atoms with Crippen LogP contribution in [0.5, 0.6) is 0 Å². The number of aromatic carboxylic acids is 1. The molecule has 0 bridgehead atoms. The fourth-order valence-corrected chi connectivity index (χ4v) is 3.97. The molecule has 0 aliphatic carbocycles. The van der Waals surface area contributed by atoms with Gasteiger partial charge in [-0.05, 0) is 69.5 Å². The van der Waals surface area contributed by atoms with Crippen LogP contribution in [0, 0.1) is 12.8 Å².